The van der Waals surface area contributed by atoms with Crippen LogP contribution in [0, 0.1) is 11.8 Å². The highest BCUT2D eigenvalue weighted by Crippen LogP contribution is 2.32. The van der Waals surface area contributed by atoms with Crippen LogP contribution >= 0.6 is 12.4 Å². The summed E-state index contributed by atoms with van der Waals surface area (Å²) in [6.07, 6.45) is 0. The minimum Gasteiger partial charge on any atom is -0.490 e. The normalized spacial score (nSPS) is 23.7. The molecular formula is C16H23ClF2N2O2. The lowest BCUT2D eigenvalue weighted by molar-refractivity contribution is -0.0514. The van der Waals surface area contributed by atoms with Gasteiger partial charge in [-0.3, -0.25) is 4.90 Å². The average molecular weight is 349 g/mol. The maximum Gasteiger partial charge on any atom is 0.387 e. The minimum atomic E-state index is -2.84. The number of benzene rings is 1. The fourth-order valence-electron chi connectivity index (χ4n) is 3.45. The molecule has 3 rings (SSSR count). The zero-order valence-corrected chi connectivity index (χ0v) is 14.0. The molecular weight excluding hydrogens is 326 g/mol. The van der Waals surface area contributed by atoms with Crippen LogP contribution in [-0.4, -0.2) is 44.3 Å². The molecule has 0 amide bonds. The van der Waals surface area contributed by atoms with Crippen molar-refractivity contribution in [1.29, 1.82) is 0 Å². The van der Waals surface area contributed by atoms with Crippen LogP contribution in [0.5, 0.6) is 11.5 Å². The van der Waals surface area contributed by atoms with E-state index in [0.29, 0.717) is 12.4 Å². The molecule has 130 valence electrons. The summed E-state index contributed by atoms with van der Waals surface area (Å²) in [4.78, 5) is 2.43. The highest BCUT2D eigenvalue weighted by molar-refractivity contribution is 5.85. The van der Waals surface area contributed by atoms with Crippen LogP contribution in [-0.2, 0) is 6.54 Å². The van der Waals surface area contributed by atoms with Crippen molar-refractivity contribution in [2.45, 2.75) is 20.1 Å². The predicted molar refractivity (Wildman–Crippen MR) is 86.6 cm³/mol. The van der Waals surface area contributed by atoms with Gasteiger partial charge in [-0.2, -0.15) is 8.78 Å². The van der Waals surface area contributed by atoms with Crippen LogP contribution < -0.4 is 14.8 Å². The van der Waals surface area contributed by atoms with E-state index < -0.39 is 6.61 Å². The Morgan fingerprint density at radius 3 is 2.52 bits per heavy atom. The third-order valence-corrected chi connectivity index (χ3v) is 4.40. The van der Waals surface area contributed by atoms with Crippen molar-refractivity contribution in [1.82, 2.24) is 10.2 Å². The molecule has 0 unspecified atom stereocenters. The van der Waals surface area contributed by atoms with Crippen LogP contribution in [0.2, 0.25) is 0 Å². The first-order chi connectivity index (χ1) is 10.7. The van der Waals surface area contributed by atoms with Gasteiger partial charge in [0.1, 0.15) is 0 Å². The topological polar surface area (TPSA) is 33.7 Å². The van der Waals surface area contributed by atoms with Gasteiger partial charge in [0.25, 0.3) is 0 Å². The molecule has 0 radical (unpaired) electrons. The lowest BCUT2D eigenvalue weighted by Crippen LogP contribution is -2.25. The standard InChI is InChI=1S/C16H22F2N2O2.ClH/c1-2-21-15-5-11(3-4-14(15)22-16(17)18)8-20-9-12-6-19-7-13(12)10-20;/h3-5,12-13,16,19H,2,6-10H2,1H3;1H/t12-,13+;. The molecule has 2 aliphatic heterocycles. The molecule has 0 aromatic heterocycles. The van der Waals surface area contributed by atoms with Crippen LogP contribution in [0.25, 0.3) is 0 Å². The van der Waals surface area contributed by atoms with Gasteiger partial charge in [0.2, 0.25) is 0 Å². The number of likely N-dealkylation sites (tertiary alicyclic amines) is 1. The molecule has 2 heterocycles. The van der Waals surface area contributed by atoms with Gasteiger partial charge in [0, 0.05) is 19.6 Å². The number of nitrogens with one attached hydrogen (secondary N) is 1. The maximum atomic E-state index is 12.4. The largest absolute Gasteiger partial charge is 0.490 e. The molecule has 0 spiro atoms. The third kappa shape index (κ3) is 4.46. The number of hydrogen-bond donors (Lipinski definition) is 1. The summed E-state index contributed by atoms with van der Waals surface area (Å²) < 4.78 is 34.8. The molecule has 2 atom stereocenters. The summed E-state index contributed by atoms with van der Waals surface area (Å²) in [6.45, 7) is 4.63. The second-order valence-corrected chi connectivity index (χ2v) is 5.97. The average Bonchev–Trinajstić information content (AvgIpc) is 3.02. The Morgan fingerprint density at radius 1 is 1.22 bits per heavy atom. The SMILES string of the molecule is CCOc1cc(CN2C[C@H]3CNC[C@H]3C2)ccc1OC(F)F.Cl. The van der Waals surface area contributed by atoms with Gasteiger partial charge < -0.3 is 14.8 Å². The number of fused-ring (bicyclic) bond motifs is 1. The molecule has 2 aliphatic rings. The van der Waals surface area contributed by atoms with E-state index in [2.05, 4.69) is 15.0 Å². The van der Waals surface area contributed by atoms with Gasteiger partial charge in [-0.15, -0.1) is 12.4 Å². The summed E-state index contributed by atoms with van der Waals surface area (Å²) in [6, 6.07) is 5.23. The molecule has 7 heteroatoms. The first kappa shape index (κ1) is 18.2. The lowest BCUT2D eigenvalue weighted by Gasteiger charge is -2.18. The lowest BCUT2D eigenvalue weighted by atomic mass is 10.0. The summed E-state index contributed by atoms with van der Waals surface area (Å²) in [5.41, 5.74) is 1.07. The number of halogens is 3. The van der Waals surface area contributed by atoms with Gasteiger partial charge in [0.05, 0.1) is 6.61 Å². The molecule has 23 heavy (non-hydrogen) atoms. The van der Waals surface area contributed by atoms with Crippen molar-refractivity contribution in [3.05, 3.63) is 23.8 Å². The zero-order valence-electron chi connectivity index (χ0n) is 13.1. The molecule has 4 nitrogen and oxygen atoms in total. The molecule has 0 saturated carbocycles. The second kappa shape index (κ2) is 8.13. The van der Waals surface area contributed by atoms with Crippen LogP contribution in [0.3, 0.4) is 0 Å². The minimum absolute atomic E-state index is 0. The Labute approximate surface area is 141 Å². The molecule has 2 fully saturated rings. The monoisotopic (exact) mass is 348 g/mol. The van der Waals surface area contributed by atoms with E-state index in [9.17, 15) is 8.78 Å². The van der Waals surface area contributed by atoms with Gasteiger partial charge in [0.15, 0.2) is 11.5 Å². The van der Waals surface area contributed by atoms with E-state index in [4.69, 9.17) is 4.74 Å². The smallest absolute Gasteiger partial charge is 0.387 e. The molecule has 1 N–H and O–H groups in total. The fourth-order valence-corrected chi connectivity index (χ4v) is 3.45. The fraction of sp³-hybridized carbons (Fsp3) is 0.625. The molecule has 0 aliphatic carbocycles. The molecule has 0 bridgehead atoms. The van der Waals surface area contributed by atoms with E-state index in [1.54, 1.807) is 6.07 Å². The number of rotatable bonds is 6. The number of alkyl halides is 2. The summed E-state index contributed by atoms with van der Waals surface area (Å²) >= 11 is 0. The Morgan fingerprint density at radius 2 is 1.91 bits per heavy atom. The van der Waals surface area contributed by atoms with E-state index >= 15 is 0 Å². The molecule has 2 saturated heterocycles. The van der Waals surface area contributed by atoms with E-state index in [0.717, 1.165) is 50.1 Å². The quantitative estimate of drug-likeness (QED) is 0.857. The Kier molecular flexibility index (Phi) is 6.44. The second-order valence-electron chi connectivity index (χ2n) is 5.97. The van der Waals surface area contributed by atoms with Crippen molar-refractivity contribution >= 4 is 12.4 Å². The van der Waals surface area contributed by atoms with Crippen LogP contribution in [0.15, 0.2) is 18.2 Å². The van der Waals surface area contributed by atoms with Gasteiger partial charge in [-0.25, -0.2) is 0 Å². The van der Waals surface area contributed by atoms with E-state index in [-0.39, 0.29) is 18.2 Å². The van der Waals surface area contributed by atoms with Gasteiger partial charge in [-0.05, 0) is 49.5 Å². The number of ether oxygens (including phenoxy) is 2. The number of nitrogens with zero attached hydrogens (tertiary/aromatic N) is 1. The first-order valence-corrected chi connectivity index (χ1v) is 7.79. The number of hydrogen-bond acceptors (Lipinski definition) is 4. The van der Waals surface area contributed by atoms with Crippen LogP contribution in [0.1, 0.15) is 12.5 Å². The van der Waals surface area contributed by atoms with Gasteiger partial charge >= 0.3 is 6.61 Å². The summed E-state index contributed by atoms with van der Waals surface area (Å²) in [5, 5.41) is 3.43. The Bertz CT molecular complexity index is 507. The van der Waals surface area contributed by atoms with Crippen molar-refractivity contribution in [2.24, 2.45) is 11.8 Å². The third-order valence-electron chi connectivity index (χ3n) is 4.40. The van der Waals surface area contributed by atoms with E-state index in [1.165, 1.54) is 0 Å². The Balaban J connectivity index is 0.00000192. The van der Waals surface area contributed by atoms with Crippen molar-refractivity contribution in [3.8, 4) is 11.5 Å². The first-order valence-electron chi connectivity index (χ1n) is 7.79. The summed E-state index contributed by atoms with van der Waals surface area (Å²) in [5.74, 6) is 1.98. The van der Waals surface area contributed by atoms with Crippen molar-refractivity contribution in [3.63, 3.8) is 0 Å². The predicted octanol–water partition coefficient (Wildman–Crippen LogP) is 2.76. The highest BCUT2D eigenvalue weighted by atomic mass is 35.5. The van der Waals surface area contributed by atoms with Crippen LogP contribution in [0.4, 0.5) is 8.78 Å². The summed E-state index contributed by atoms with van der Waals surface area (Å²) in [7, 11) is 0. The van der Waals surface area contributed by atoms with Gasteiger partial charge in [-0.1, -0.05) is 6.07 Å². The van der Waals surface area contributed by atoms with Crippen molar-refractivity contribution in [2.75, 3.05) is 32.8 Å². The highest BCUT2D eigenvalue weighted by Gasteiger charge is 2.35. The van der Waals surface area contributed by atoms with Crippen molar-refractivity contribution < 1.29 is 18.3 Å². The molecule has 1 aromatic rings. The molecule has 1 aromatic carbocycles. The Hall–Kier alpha value is -1.11. The zero-order chi connectivity index (χ0) is 15.5. The van der Waals surface area contributed by atoms with E-state index in [1.807, 2.05) is 19.1 Å². The maximum absolute atomic E-state index is 12.4.